The number of anilines is 2. The van der Waals surface area contributed by atoms with Crippen LogP contribution in [-0.4, -0.2) is 16.1 Å². The Labute approximate surface area is 149 Å². The summed E-state index contributed by atoms with van der Waals surface area (Å²) in [6, 6.07) is 17.4. The first-order valence-electron chi connectivity index (χ1n) is 7.46. The first-order valence-corrected chi connectivity index (χ1v) is 9.22. The maximum absolute atomic E-state index is 12.3. The van der Waals surface area contributed by atoms with Crippen LogP contribution in [0.4, 0.5) is 10.8 Å². The molecule has 0 aliphatic heterocycles. The van der Waals surface area contributed by atoms with Crippen LogP contribution in [-0.2, 0) is 4.79 Å². The molecule has 1 atom stereocenters. The topological polar surface area (TPSA) is 68.0 Å². The van der Waals surface area contributed by atoms with Gasteiger partial charge in [-0.05, 0) is 31.2 Å². The molecule has 1 heterocycles. The summed E-state index contributed by atoms with van der Waals surface area (Å²) in [7, 11) is 0. The van der Waals surface area contributed by atoms with Crippen LogP contribution in [0.25, 0.3) is 11.3 Å². The summed E-state index contributed by atoms with van der Waals surface area (Å²) in [5, 5.41) is 5.22. The van der Waals surface area contributed by atoms with E-state index in [9.17, 15) is 4.79 Å². The van der Waals surface area contributed by atoms with Gasteiger partial charge in [-0.15, -0.1) is 23.1 Å². The maximum Gasteiger partial charge on any atom is 0.239 e. The third kappa shape index (κ3) is 4.15. The number of hydrogen-bond donors (Lipinski definition) is 2. The Balaban J connectivity index is 1.62. The van der Waals surface area contributed by atoms with E-state index in [2.05, 4.69) is 10.3 Å². The number of nitrogen functional groups attached to an aromatic ring is 1. The molecule has 1 aromatic heterocycles. The van der Waals surface area contributed by atoms with E-state index in [0.717, 1.165) is 16.2 Å². The monoisotopic (exact) mass is 355 g/mol. The van der Waals surface area contributed by atoms with Crippen LogP contribution >= 0.6 is 23.1 Å². The Morgan fingerprint density at radius 1 is 1.17 bits per heavy atom. The van der Waals surface area contributed by atoms with Crippen LogP contribution in [0.2, 0.25) is 0 Å². The Hall–Kier alpha value is -2.31. The molecule has 0 saturated heterocycles. The minimum absolute atomic E-state index is 0.0641. The molecule has 3 aromatic rings. The zero-order chi connectivity index (χ0) is 16.9. The third-order valence-electron chi connectivity index (χ3n) is 3.37. The lowest BCUT2D eigenvalue weighted by atomic mass is 10.2. The summed E-state index contributed by atoms with van der Waals surface area (Å²) in [5.41, 5.74) is 8.30. The van der Waals surface area contributed by atoms with Crippen molar-refractivity contribution < 1.29 is 4.79 Å². The second-order valence-corrected chi connectivity index (χ2v) is 7.49. The molecule has 1 unspecified atom stereocenters. The van der Waals surface area contributed by atoms with Gasteiger partial charge in [-0.25, -0.2) is 4.98 Å². The predicted octanol–water partition coefficient (Wildman–Crippen LogP) is 4.51. The summed E-state index contributed by atoms with van der Waals surface area (Å²) in [6.45, 7) is 1.88. The molecule has 2 aromatic carbocycles. The normalized spacial score (nSPS) is 11.9. The van der Waals surface area contributed by atoms with Gasteiger partial charge >= 0.3 is 0 Å². The number of nitrogens with one attached hydrogen (secondary N) is 1. The van der Waals surface area contributed by atoms with E-state index in [4.69, 9.17) is 5.73 Å². The van der Waals surface area contributed by atoms with Crippen molar-refractivity contribution in [2.45, 2.75) is 17.1 Å². The quantitative estimate of drug-likeness (QED) is 0.522. The van der Waals surface area contributed by atoms with Crippen LogP contribution in [0.15, 0.2) is 64.9 Å². The molecule has 0 fully saturated rings. The lowest BCUT2D eigenvalue weighted by Crippen LogP contribution is -2.22. The van der Waals surface area contributed by atoms with Gasteiger partial charge < -0.3 is 11.1 Å². The van der Waals surface area contributed by atoms with Gasteiger partial charge in [-0.2, -0.15) is 0 Å². The molecule has 0 aliphatic rings. The van der Waals surface area contributed by atoms with Crippen molar-refractivity contribution in [2.75, 3.05) is 11.1 Å². The average molecular weight is 355 g/mol. The van der Waals surface area contributed by atoms with Crippen LogP contribution < -0.4 is 11.1 Å². The van der Waals surface area contributed by atoms with Crippen molar-refractivity contribution in [1.82, 2.24) is 4.98 Å². The minimum Gasteiger partial charge on any atom is -0.399 e. The number of hydrogen-bond acceptors (Lipinski definition) is 5. The fourth-order valence-corrected chi connectivity index (χ4v) is 3.67. The highest BCUT2D eigenvalue weighted by Gasteiger charge is 2.16. The number of amides is 1. The third-order valence-corrected chi connectivity index (χ3v) is 5.24. The van der Waals surface area contributed by atoms with Crippen LogP contribution in [0, 0.1) is 0 Å². The fraction of sp³-hybridized carbons (Fsp3) is 0.111. The number of nitrogens with zero attached hydrogens (tertiary/aromatic N) is 1. The van der Waals surface area contributed by atoms with Crippen molar-refractivity contribution in [3.8, 4) is 11.3 Å². The number of carbonyl (C=O) groups is 1. The summed E-state index contributed by atoms with van der Waals surface area (Å²) in [5.74, 6) is -0.0641. The highest BCUT2D eigenvalue weighted by atomic mass is 32.2. The van der Waals surface area contributed by atoms with Gasteiger partial charge in [0, 0.05) is 21.5 Å². The summed E-state index contributed by atoms with van der Waals surface area (Å²) in [6.07, 6.45) is 0. The van der Waals surface area contributed by atoms with Crippen molar-refractivity contribution in [1.29, 1.82) is 0 Å². The van der Waals surface area contributed by atoms with E-state index in [1.807, 2.05) is 66.9 Å². The second-order valence-electron chi connectivity index (χ2n) is 5.22. The predicted molar refractivity (Wildman–Crippen MR) is 102 cm³/mol. The number of carbonyl (C=O) groups excluding carboxylic acids is 1. The Kier molecular flexibility index (Phi) is 5.17. The van der Waals surface area contributed by atoms with Crippen LogP contribution in [0.1, 0.15) is 6.92 Å². The number of aromatic nitrogens is 1. The van der Waals surface area contributed by atoms with E-state index in [0.29, 0.717) is 10.8 Å². The average Bonchev–Trinajstić information content (AvgIpc) is 3.06. The van der Waals surface area contributed by atoms with Gasteiger partial charge in [0.25, 0.3) is 0 Å². The van der Waals surface area contributed by atoms with Crippen molar-refractivity contribution >= 4 is 39.8 Å². The lowest BCUT2D eigenvalue weighted by Gasteiger charge is -2.10. The number of thiazole rings is 1. The van der Waals surface area contributed by atoms with E-state index in [1.54, 1.807) is 0 Å². The fourth-order valence-electron chi connectivity index (χ4n) is 2.08. The maximum atomic E-state index is 12.3. The van der Waals surface area contributed by atoms with Gasteiger partial charge in [0.05, 0.1) is 10.9 Å². The second kappa shape index (κ2) is 7.51. The van der Waals surface area contributed by atoms with E-state index in [-0.39, 0.29) is 11.2 Å². The van der Waals surface area contributed by atoms with Crippen molar-refractivity contribution in [3.63, 3.8) is 0 Å². The molecule has 0 radical (unpaired) electrons. The SMILES string of the molecule is CC(Sc1ccc(N)cc1)C(=O)Nc1nc(-c2ccccc2)cs1. The summed E-state index contributed by atoms with van der Waals surface area (Å²) < 4.78 is 0. The molecule has 3 N–H and O–H groups in total. The molecular weight excluding hydrogens is 338 g/mol. The minimum atomic E-state index is -0.224. The van der Waals surface area contributed by atoms with Gasteiger partial charge in [0.15, 0.2) is 5.13 Å². The van der Waals surface area contributed by atoms with E-state index in [1.165, 1.54) is 23.1 Å². The molecule has 0 spiro atoms. The first-order chi connectivity index (χ1) is 11.6. The molecule has 4 nitrogen and oxygen atoms in total. The lowest BCUT2D eigenvalue weighted by molar-refractivity contribution is -0.115. The van der Waals surface area contributed by atoms with E-state index >= 15 is 0 Å². The standard InChI is InChI=1S/C18H17N3OS2/c1-12(24-15-9-7-14(19)8-10-15)17(22)21-18-20-16(11-23-18)13-5-3-2-4-6-13/h2-12H,19H2,1H3,(H,20,21,22). The smallest absolute Gasteiger partial charge is 0.239 e. The zero-order valence-electron chi connectivity index (χ0n) is 13.1. The van der Waals surface area contributed by atoms with Gasteiger partial charge in [-0.3, -0.25) is 4.79 Å². The van der Waals surface area contributed by atoms with Gasteiger partial charge in [0.2, 0.25) is 5.91 Å². The van der Waals surface area contributed by atoms with Crippen molar-refractivity contribution in [2.24, 2.45) is 0 Å². The van der Waals surface area contributed by atoms with Gasteiger partial charge in [0.1, 0.15) is 0 Å². The zero-order valence-corrected chi connectivity index (χ0v) is 14.7. The van der Waals surface area contributed by atoms with Crippen LogP contribution in [0.5, 0.6) is 0 Å². The summed E-state index contributed by atoms with van der Waals surface area (Å²) in [4.78, 5) is 17.8. The molecule has 3 rings (SSSR count). The largest absolute Gasteiger partial charge is 0.399 e. The Morgan fingerprint density at radius 3 is 2.58 bits per heavy atom. The highest BCUT2D eigenvalue weighted by Crippen LogP contribution is 2.27. The number of thioether (sulfide) groups is 1. The Morgan fingerprint density at radius 2 is 1.88 bits per heavy atom. The first kappa shape index (κ1) is 16.5. The Bertz CT molecular complexity index is 816. The molecule has 24 heavy (non-hydrogen) atoms. The molecular formula is C18H17N3OS2. The van der Waals surface area contributed by atoms with Gasteiger partial charge in [-0.1, -0.05) is 30.3 Å². The molecule has 0 saturated carbocycles. The van der Waals surface area contributed by atoms with Crippen molar-refractivity contribution in [3.05, 3.63) is 60.0 Å². The molecule has 0 aliphatic carbocycles. The number of nitrogens with two attached hydrogens (primary N) is 1. The van der Waals surface area contributed by atoms with E-state index < -0.39 is 0 Å². The van der Waals surface area contributed by atoms with Crippen LogP contribution in [0.3, 0.4) is 0 Å². The molecule has 6 heteroatoms. The highest BCUT2D eigenvalue weighted by molar-refractivity contribution is 8.00. The molecule has 1 amide bonds. The summed E-state index contributed by atoms with van der Waals surface area (Å²) >= 11 is 2.92. The molecule has 122 valence electrons. The number of rotatable bonds is 5. The number of benzene rings is 2. The molecule has 0 bridgehead atoms.